The molecule has 0 atom stereocenters. The molecule has 0 aliphatic carbocycles. The lowest BCUT2D eigenvalue weighted by atomic mass is 10.2. The van der Waals surface area contributed by atoms with Gasteiger partial charge in [0.05, 0.1) is 0 Å². The fourth-order valence-electron chi connectivity index (χ4n) is 2.04. The molecule has 1 N–H and O–H groups in total. The number of amides is 1. The number of carboxylic acids is 1. The van der Waals surface area contributed by atoms with Gasteiger partial charge in [0.1, 0.15) is 11.6 Å². The van der Waals surface area contributed by atoms with Crippen molar-refractivity contribution in [1.82, 2.24) is 14.9 Å². The molecular weight excluding hydrogens is 260 g/mol. The van der Waals surface area contributed by atoms with Gasteiger partial charge in [0, 0.05) is 38.2 Å². The molecule has 2 rings (SSSR count). The van der Waals surface area contributed by atoms with E-state index in [0.717, 1.165) is 6.41 Å². The Bertz CT molecular complexity index is 510. The average molecular weight is 278 g/mol. The topological polar surface area (TPSA) is 86.6 Å². The Kier molecular flexibility index (Phi) is 4.16. The SMILES string of the molecule is CC(C)c1nc(C(=O)O)cc(N2CCN(C=O)CC2)n1. The van der Waals surface area contributed by atoms with E-state index >= 15 is 0 Å². The molecule has 1 amide bonds. The lowest BCUT2D eigenvalue weighted by Crippen LogP contribution is -2.46. The Morgan fingerprint density at radius 3 is 2.45 bits per heavy atom. The Labute approximate surface area is 117 Å². The summed E-state index contributed by atoms with van der Waals surface area (Å²) in [5.74, 6) is 0.149. The Morgan fingerprint density at radius 2 is 1.95 bits per heavy atom. The average Bonchev–Trinajstić information content (AvgIpc) is 2.46. The van der Waals surface area contributed by atoms with Crippen LogP contribution in [0.3, 0.4) is 0 Å². The van der Waals surface area contributed by atoms with Crippen molar-refractivity contribution in [2.24, 2.45) is 0 Å². The molecule has 1 aromatic rings. The standard InChI is InChI=1S/C13H18N4O3/c1-9(2)12-14-10(13(19)20)7-11(15-12)17-5-3-16(8-18)4-6-17/h7-9H,3-6H2,1-2H3,(H,19,20). The normalized spacial score (nSPS) is 15.6. The molecule has 20 heavy (non-hydrogen) atoms. The van der Waals surface area contributed by atoms with Gasteiger partial charge in [0.25, 0.3) is 0 Å². The number of nitrogens with zero attached hydrogens (tertiary/aromatic N) is 4. The zero-order valence-corrected chi connectivity index (χ0v) is 11.6. The molecular formula is C13H18N4O3. The molecule has 1 saturated heterocycles. The maximum atomic E-state index is 11.1. The first-order valence-electron chi connectivity index (χ1n) is 6.58. The van der Waals surface area contributed by atoms with Crippen LogP contribution in [0.1, 0.15) is 36.1 Å². The highest BCUT2D eigenvalue weighted by atomic mass is 16.4. The number of rotatable bonds is 4. The number of piperazine rings is 1. The highest BCUT2D eigenvalue weighted by Crippen LogP contribution is 2.18. The summed E-state index contributed by atoms with van der Waals surface area (Å²) in [6.45, 7) is 6.38. The van der Waals surface area contributed by atoms with Crippen molar-refractivity contribution in [2.45, 2.75) is 19.8 Å². The number of anilines is 1. The fraction of sp³-hybridized carbons (Fsp3) is 0.538. The monoisotopic (exact) mass is 278 g/mol. The van der Waals surface area contributed by atoms with Crippen molar-refractivity contribution >= 4 is 18.2 Å². The van der Waals surface area contributed by atoms with Gasteiger partial charge in [-0.05, 0) is 0 Å². The van der Waals surface area contributed by atoms with Gasteiger partial charge >= 0.3 is 5.97 Å². The van der Waals surface area contributed by atoms with Crippen LogP contribution in [0.4, 0.5) is 5.82 Å². The second-order valence-electron chi connectivity index (χ2n) is 5.06. The summed E-state index contributed by atoms with van der Waals surface area (Å²) >= 11 is 0. The lowest BCUT2D eigenvalue weighted by Gasteiger charge is -2.33. The number of carbonyl (C=O) groups excluding carboxylic acids is 1. The zero-order valence-electron chi connectivity index (χ0n) is 11.6. The van der Waals surface area contributed by atoms with E-state index in [1.807, 2.05) is 18.7 Å². The van der Waals surface area contributed by atoms with Crippen molar-refractivity contribution in [3.63, 3.8) is 0 Å². The third kappa shape index (κ3) is 3.04. The number of aromatic carboxylic acids is 1. The third-order valence-corrected chi connectivity index (χ3v) is 3.25. The largest absolute Gasteiger partial charge is 0.477 e. The quantitative estimate of drug-likeness (QED) is 0.811. The second kappa shape index (κ2) is 5.85. The number of carbonyl (C=O) groups is 2. The minimum atomic E-state index is -1.05. The molecule has 0 radical (unpaired) electrons. The Hall–Kier alpha value is -2.18. The summed E-state index contributed by atoms with van der Waals surface area (Å²) in [5.41, 5.74) is 0.0107. The summed E-state index contributed by atoms with van der Waals surface area (Å²) in [6, 6.07) is 1.49. The number of hydrogen-bond acceptors (Lipinski definition) is 5. The summed E-state index contributed by atoms with van der Waals surface area (Å²) < 4.78 is 0. The molecule has 0 spiro atoms. The maximum Gasteiger partial charge on any atom is 0.354 e. The first-order valence-corrected chi connectivity index (χ1v) is 6.58. The molecule has 1 aliphatic heterocycles. The van der Waals surface area contributed by atoms with E-state index in [1.54, 1.807) is 4.90 Å². The molecule has 2 heterocycles. The van der Waals surface area contributed by atoms with E-state index in [9.17, 15) is 9.59 Å². The molecule has 0 aromatic carbocycles. The molecule has 7 nitrogen and oxygen atoms in total. The molecule has 0 bridgehead atoms. The molecule has 1 aromatic heterocycles. The van der Waals surface area contributed by atoms with E-state index in [-0.39, 0.29) is 11.6 Å². The van der Waals surface area contributed by atoms with Crippen molar-refractivity contribution in [3.05, 3.63) is 17.6 Å². The Balaban J connectivity index is 2.27. The van der Waals surface area contributed by atoms with Gasteiger partial charge in [-0.2, -0.15) is 0 Å². The van der Waals surface area contributed by atoms with Crippen LogP contribution in [0.5, 0.6) is 0 Å². The summed E-state index contributed by atoms with van der Waals surface area (Å²) in [5, 5.41) is 9.13. The van der Waals surface area contributed by atoms with Crippen molar-refractivity contribution < 1.29 is 14.7 Å². The molecule has 1 fully saturated rings. The molecule has 0 saturated carbocycles. The minimum absolute atomic E-state index is 0.0107. The smallest absolute Gasteiger partial charge is 0.354 e. The highest BCUT2D eigenvalue weighted by molar-refractivity contribution is 5.86. The molecule has 7 heteroatoms. The van der Waals surface area contributed by atoms with Gasteiger partial charge in [-0.25, -0.2) is 14.8 Å². The van der Waals surface area contributed by atoms with Crippen molar-refractivity contribution in [3.8, 4) is 0 Å². The van der Waals surface area contributed by atoms with Gasteiger partial charge in [0.15, 0.2) is 5.69 Å². The van der Waals surface area contributed by atoms with Crippen LogP contribution in [-0.4, -0.2) is 58.5 Å². The van der Waals surface area contributed by atoms with E-state index in [1.165, 1.54) is 6.07 Å². The van der Waals surface area contributed by atoms with Crippen LogP contribution in [0.25, 0.3) is 0 Å². The van der Waals surface area contributed by atoms with Crippen molar-refractivity contribution in [2.75, 3.05) is 31.1 Å². The summed E-state index contributed by atoms with van der Waals surface area (Å²) in [6.07, 6.45) is 0.833. The number of hydrogen-bond donors (Lipinski definition) is 1. The van der Waals surface area contributed by atoms with E-state index in [0.29, 0.717) is 37.8 Å². The molecule has 108 valence electrons. The van der Waals surface area contributed by atoms with Crippen LogP contribution < -0.4 is 4.90 Å². The van der Waals surface area contributed by atoms with Crippen LogP contribution >= 0.6 is 0 Å². The molecule has 0 unspecified atom stereocenters. The van der Waals surface area contributed by atoms with E-state index in [4.69, 9.17) is 5.11 Å². The van der Waals surface area contributed by atoms with E-state index < -0.39 is 5.97 Å². The van der Waals surface area contributed by atoms with Crippen LogP contribution in [0.15, 0.2) is 6.07 Å². The summed E-state index contributed by atoms with van der Waals surface area (Å²) in [4.78, 5) is 34.0. The predicted molar refractivity (Wildman–Crippen MR) is 72.9 cm³/mol. The van der Waals surface area contributed by atoms with Crippen LogP contribution in [0.2, 0.25) is 0 Å². The highest BCUT2D eigenvalue weighted by Gasteiger charge is 2.20. The second-order valence-corrected chi connectivity index (χ2v) is 5.06. The third-order valence-electron chi connectivity index (χ3n) is 3.25. The zero-order chi connectivity index (χ0) is 14.7. The number of aromatic nitrogens is 2. The summed E-state index contributed by atoms with van der Waals surface area (Å²) in [7, 11) is 0. The first-order chi connectivity index (χ1) is 9.51. The lowest BCUT2D eigenvalue weighted by molar-refractivity contribution is -0.118. The van der Waals surface area contributed by atoms with Gasteiger partial charge in [0.2, 0.25) is 6.41 Å². The minimum Gasteiger partial charge on any atom is -0.477 e. The molecule has 1 aliphatic rings. The van der Waals surface area contributed by atoms with Gasteiger partial charge in [-0.15, -0.1) is 0 Å². The number of carboxylic acid groups (broad SMARTS) is 1. The Morgan fingerprint density at radius 1 is 1.30 bits per heavy atom. The van der Waals surface area contributed by atoms with Crippen LogP contribution in [0, 0.1) is 0 Å². The fourth-order valence-corrected chi connectivity index (χ4v) is 2.04. The van der Waals surface area contributed by atoms with Gasteiger partial charge in [-0.3, -0.25) is 4.79 Å². The van der Waals surface area contributed by atoms with Gasteiger partial charge < -0.3 is 14.9 Å². The van der Waals surface area contributed by atoms with Gasteiger partial charge in [-0.1, -0.05) is 13.8 Å². The van der Waals surface area contributed by atoms with Crippen LogP contribution in [-0.2, 0) is 4.79 Å². The van der Waals surface area contributed by atoms with Crippen molar-refractivity contribution in [1.29, 1.82) is 0 Å². The maximum absolute atomic E-state index is 11.1. The van der Waals surface area contributed by atoms with E-state index in [2.05, 4.69) is 9.97 Å². The predicted octanol–water partition coefficient (Wildman–Crippen LogP) is 0.577. The first kappa shape index (κ1) is 14.2.